The van der Waals surface area contributed by atoms with Gasteiger partial charge in [0.15, 0.2) is 29.5 Å². The van der Waals surface area contributed by atoms with Crippen molar-refractivity contribution in [3.05, 3.63) is 43.8 Å². The van der Waals surface area contributed by atoms with E-state index in [0.717, 1.165) is 12.1 Å². The van der Waals surface area contributed by atoms with Gasteiger partial charge in [0.25, 0.3) is 0 Å². The molecule has 2 aliphatic heterocycles. The Bertz CT molecular complexity index is 1640. The van der Waals surface area contributed by atoms with Crippen LogP contribution in [0.25, 0.3) is 22.3 Å². The van der Waals surface area contributed by atoms with Gasteiger partial charge in [0.05, 0.1) is 16.7 Å². The molecule has 1 aromatic heterocycles. The lowest BCUT2D eigenvalue weighted by molar-refractivity contribution is -0.162. The van der Waals surface area contributed by atoms with Crippen molar-refractivity contribution >= 4 is 46.1 Å². The molecule has 0 spiro atoms. The van der Waals surface area contributed by atoms with E-state index in [1.807, 2.05) is 0 Å². The number of likely N-dealkylation sites (N-methyl/N-ethyl adjacent to an activating group) is 1. The van der Waals surface area contributed by atoms with Crippen LogP contribution in [0.5, 0.6) is 23.0 Å². The molecule has 212 valence electrons. The minimum Gasteiger partial charge on any atom is -0.504 e. The molecule has 0 aliphatic carbocycles. The number of carbonyl (C=O) groups is 2. The second kappa shape index (κ2) is 10.2. The molecular weight excluding hydrogens is 580 g/mol. The molecule has 1 fully saturated rings. The second-order valence-electron chi connectivity index (χ2n) is 9.34. The summed E-state index contributed by atoms with van der Waals surface area (Å²) in [6, 6.07) is 1.11. The molecule has 0 saturated carbocycles. The van der Waals surface area contributed by atoms with Gasteiger partial charge in [-0.3, -0.25) is 4.79 Å². The fraction of sp³-hybridized carbons (Fsp3) is 0.320. The molecule has 0 radical (unpaired) electrons. The minimum absolute atomic E-state index is 0.185. The van der Waals surface area contributed by atoms with Crippen LogP contribution in [0.3, 0.4) is 0 Å². The topological polar surface area (TPSA) is 187 Å². The summed E-state index contributed by atoms with van der Waals surface area (Å²) in [6.45, 7) is 0.00273. The van der Waals surface area contributed by atoms with E-state index < -0.39 is 98.7 Å². The van der Waals surface area contributed by atoms with Gasteiger partial charge in [-0.25, -0.2) is 14.0 Å². The zero-order valence-corrected chi connectivity index (χ0v) is 21.9. The standard InChI is InChI=1S/C25H20Cl2FNO11/c1-29-3-2-7(12(29)6-30)13-15(31)22-16(32)14-17(33)23(40-25(37)19(35)18(34)24(36)39-22)20(38-21(13)14)8-4-11(28)10(27)5-9(8)26/h4-5,7,12,18-19,30-32,34-35H,2-3,6H2,1H3. The molecule has 5 N–H and O–H groups in total. The maximum atomic E-state index is 14.5. The fourth-order valence-electron chi connectivity index (χ4n) is 4.98. The lowest BCUT2D eigenvalue weighted by Crippen LogP contribution is -2.44. The van der Waals surface area contributed by atoms with Crippen LogP contribution < -0.4 is 14.9 Å². The summed E-state index contributed by atoms with van der Waals surface area (Å²) in [5.41, 5.74) is -2.27. The predicted molar refractivity (Wildman–Crippen MR) is 135 cm³/mol. The van der Waals surface area contributed by atoms with Crippen LogP contribution in [-0.4, -0.2) is 80.8 Å². The Kier molecular flexibility index (Phi) is 7.15. The molecule has 3 aromatic rings. The maximum Gasteiger partial charge on any atom is 0.344 e. The van der Waals surface area contributed by atoms with E-state index in [4.69, 9.17) is 37.1 Å². The minimum atomic E-state index is -2.60. The smallest absolute Gasteiger partial charge is 0.344 e. The van der Waals surface area contributed by atoms with Gasteiger partial charge < -0.3 is 44.3 Å². The highest BCUT2D eigenvalue weighted by Gasteiger charge is 2.42. The molecule has 40 heavy (non-hydrogen) atoms. The van der Waals surface area contributed by atoms with Crippen molar-refractivity contribution in [1.82, 2.24) is 4.90 Å². The zero-order valence-electron chi connectivity index (χ0n) is 20.4. The lowest BCUT2D eigenvalue weighted by Gasteiger charge is -2.25. The molecule has 3 bridgehead atoms. The molecule has 12 nitrogen and oxygen atoms in total. The number of phenols is 2. The Morgan fingerprint density at radius 2 is 1.62 bits per heavy atom. The Labute approximate surface area is 233 Å². The number of aromatic hydroxyl groups is 2. The summed E-state index contributed by atoms with van der Waals surface area (Å²) in [4.78, 5) is 40.8. The summed E-state index contributed by atoms with van der Waals surface area (Å²) < 4.78 is 30.5. The monoisotopic (exact) mass is 599 g/mol. The normalized spacial score (nSPS) is 23.5. The van der Waals surface area contributed by atoms with E-state index in [2.05, 4.69) is 0 Å². The number of hydrogen-bond acceptors (Lipinski definition) is 12. The maximum absolute atomic E-state index is 14.5. The van der Waals surface area contributed by atoms with Crippen molar-refractivity contribution < 1.29 is 53.4 Å². The molecule has 2 aliphatic rings. The van der Waals surface area contributed by atoms with E-state index in [1.165, 1.54) is 0 Å². The number of likely N-dealkylation sites (tertiary alicyclic amines) is 1. The number of aliphatic hydroxyl groups is 3. The van der Waals surface area contributed by atoms with Crippen molar-refractivity contribution in [1.29, 1.82) is 0 Å². The van der Waals surface area contributed by atoms with Crippen LogP contribution in [-0.2, 0) is 9.59 Å². The van der Waals surface area contributed by atoms with E-state index in [1.54, 1.807) is 11.9 Å². The van der Waals surface area contributed by atoms with E-state index in [-0.39, 0.29) is 22.6 Å². The van der Waals surface area contributed by atoms with Crippen LogP contribution in [0.2, 0.25) is 10.0 Å². The number of halogens is 3. The Morgan fingerprint density at radius 1 is 1.00 bits per heavy atom. The van der Waals surface area contributed by atoms with Gasteiger partial charge in [0, 0.05) is 23.1 Å². The number of nitrogens with zero attached hydrogens (tertiary/aromatic N) is 1. The van der Waals surface area contributed by atoms with Gasteiger partial charge in [-0.1, -0.05) is 23.2 Å². The number of aliphatic hydroxyl groups excluding tert-OH is 3. The van der Waals surface area contributed by atoms with E-state index in [9.17, 15) is 44.3 Å². The Balaban J connectivity index is 1.97. The highest BCUT2D eigenvalue weighted by Crippen LogP contribution is 2.52. The van der Waals surface area contributed by atoms with Crippen LogP contribution in [0.15, 0.2) is 21.3 Å². The number of hydrogen-bond donors (Lipinski definition) is 5. The lowest BCUT2D eigenvalue weighted by atomic mass is 9.88. The third-order valence-electron chi connectivity index (χ3n) is 7.06. The fourth-order valence-corrected chi connectivity index (χ4v) is 5.45. The molecule has 5 rings (SSSR count). The van der Waals surface area contributed by atoms with Crippen molar-refractivity contribution in [2.24, 2.45) is 0 Å². The van der Waals surface area contributed by atoms with Crippen molar-refractivity contribution in [2.75, 3.05) is 20.2 Å². The number of rotatable bonds is 3. The summed E-state index contributed by atoms with van der Waals surface area (Å²) in [7, 11) is 1.69. The molecule has 4 unspecified atom stereocenters. The first kappa shape index (κ1) is 28.1. The highest BCUT2D eigenvalue weighted by atomic mass is 35.5. The second-order valence-corrected chi connectivity index (χ2v) is 10.2. The number of esters is 2. The first-order valence-corrected chi connectivity index (χ1v) is 12.5. The van der Waals surface area contributed by atoms with Crippen molar-refractivity contribution in [2.45, 2.75) is 30.6 Å². The average Bonchev–Trinajstić information content (AvgIpc) is 3.28. The summed E-state index contributed by atoms with van der Waals surface area (Å²) in [5.74, 6) is -9.82. The number of carbonyl (C=O) groups excluding carboxylic acids is 2. The molecule has 4 atom stereocenters. The van der Waals surface area contributed by atoms with Crippen molar-refractivity contribution in [3.63, 3.8) is 0 Å². The highest BCUT2D eigenvalue weighted by molar-refractivity contribution is 6.36. The number of benzene rings is 2. The predicted octanol–water partition coefficient (Wildman–Crippen LogP) is 1.64. The Morgan fingerprint density at radius 3 is 2.25 bits per heavy atom. The van der Waals surface area contributed by atoms with Gasteiger partial charge in [-0.15, -0.1) is 0 Å². The summed E-state index contributed by atoms with van der Waals surface area (Å²) in [6.07, 6.45) is -4.90. The third kappa shape index (κ3) is 4.26. The van der Waals surface area contributed by atoms with Gasteiger partial charge in [0.2, 0.25) is 16.9 Å². The average molecular weight is 600 g/mol. The van der Waals surface area contributed by atoms with Gasteiger partial charge in [-0.05, 0) is 32.1 Å². The molecule has 2 aromatic carbocycles. The van der Waals surface area contributed by atoms with Gasteiger partial charge in [-0.2, -0.15) is 0 Å². The van der Waals surface area contributed by atoms with E-state index in [0.29, 0.717) is 6.54 Å². The molecule has 3 heterocycles. The third-order valence-corrected chi connectivity index (χ3v) is 7.66. The number of phenolic OH excluding ortho intramolecular Hbond substituents is 2. The SMILES string of the molecule is CN1CCC(c2c(O)c3c(O)c4c(=O)c(c(-c5cc(F)c(Cl)cc5Cl)oc24)OC(=O)C(O)C(O)C(=O)O3)C1CO. The summed E-state index contributed by atoms with van der Waals surface area (Å²) in [5, 5.41) is 51.4. The zero-order chi connectivity index (χ0) is 29.2. The van der Waals surface area contributed by atoms with Crippen molar-refractivity contribution in [3.8, 4) is 34.3 Å². The van der Waals surface area contributed by atoms with Crippen LogP contribution in [0, 0.1) is 5.82 Å². The largest absolute Gasteiger partial charge is 0.504 e. The molecule has 15 heteroatoms. The van der Waals surface area contributed by atoms with Crippen LogP contribution in [0.4, 0.5) is 4.39 Å². The van der Waals surface area contributed by atoms with Gasteiger partial charge in [0.1, 0.15) is 16.8 Å². The number of fused-ring (bicyclic) bond motifs is 2. The first-order valence-electron chi connectivity index (χ1n) is 11.7. The first-order chi connectivity index (χ1) is 18.9. The van der Waals surface area contributed by atoms with Gasteiger partial charge >= 0.3 is 11.9 Å². The van der Waals surface area contributed by atoms with Crippen LogP contribution >= 0.6 is 23.2 Å². The number of ether oxygens (including phenoxy) is 2. The quantitative estimate of drug-likeness (QED) is 0.167. The molecule has 1 saturated heterocycles. The molecule has 0 amide bonds. The Hall–Kier alpha value is -3.46. The van der Waals surface area contributed by atoms with E-state index >= 15 is 0 Å². The molecular formula is C25H20Cl2FNO11. The summed E-state index contributed by atoms with van der Waals surface area (Å²) >= 11 is 12.1. The van der Waals surface area contributed by atoms with Crippen LogP contribution in [0.1, 0.15) is 17.9 Å².